The predicted octanol–water partition coefficient (Wildman–Crippen LogP) is 4.63. The highest BCUT2D eigenvalue weighted by Gasteiger charge is 2.17. The minimum absolute atomic E-state index is 0.0628. The lowest BCUT2D eigenvalue weighted by Crippen LogP contribution is -2.30. The molecule has 3 rings (SSSR count). The number of hydrogen-bond acceptors (Lipinski definition) is 4. The summed E-state index contributed by atoms with van der Waals surface area (Å²) in [5.74, 6) is 1.31. The van der Waals surface area contributed by atoms with Crippen molar-refractivity contribution in [1.82, 2.24) is 10.1 Å². The summed E-state index contributed by atoms with van der Waals surface area (Å²) in [5.41, 5.74) is 4.74. The lowest BCUT2D eigenvalue weighted by molar-refractivity contribution is 0.0749. The summed E-state index contributed by atoms with van der Waals surface area (Å²) in [7, 11) is 1.59. The minimum Gasteiger partial charge on any atom is -0.497 e. The quantitative estimate of drug-likeness (QED) is 0.640. The van der Waals surface area contributed by atoms with E-state index in [9.17, 15) is 4.79 Å². The Balaban J connectivity index is 1.77. The second-order valence-corrected chi connectivity index (χ2v) is 6.53. The average molecular weight is 364 g/mol. The number of nitrogens with zero attached hydrogens (tertiary/aromatic N) is 2. The predicted molar refractivity (Wildman–Crippen MR) is 105 cm³/mol. The van der Waals surface area contributed by atoms with E-state index in [1.54, 1.807) is 24.1 Å². The van der Waals surface area contributed by atoms with Crippen molar-refractivity contribution in [1.29, 1.82) is 0 Å². The Labute approximate surface area is 159 Å². The molecule has 1 aromatic heterocycles. The number of methoxy groups -OCH3 is 1. The van der Waals surface area contributed by atoms with E-state index in [2.05, 4.69) is 31.1 Å². The molecule has 5 nitrogen and oxygen atoms in total. The topological polar surface area (TPSA) is 55.6 Å². The van der Waals surface area contributed by atoms with Crippen LogP contribution in [0, 0.1) is 13.8 Å². The van der Waals surface area contributed by atoms with Gasteiger partial charge in [0.2, 0.25) is 0 Å². The summed E-state index contributed by atoms with van der Waals surface area (Å²) in [6.07, 6.45) is 0. The van der Waals surface area contributed by atoms with Crippen LogP contribution in [0.3, 0.4) is 0 Å². The van der Waals surface area contributed by atoms with E-state index in [0.29, 0.717) is 30.2 Å². The highest BCUT2D eigenvalue weighted by molar-refractivity contribution is 5.94. The van der Waals surface area contributed by atoms with E-state index in [1.807, 2.05) is 31.2 Å². The van der Waals surface area contributed by atoms with Gasteiger partial charge >= 0.3 is 0 Å². The van der Waals surface area contributed by atoms with Crippen molar-refractivity contribution in [2.24, 2.45) is 0 Å². The number of ether oxygens (including phenoxy) is 1. The van der Waals surface area contributed by atoms with Crippen molar-refractivity contribution in [2.75, 3.05) is 13.7 Å². The highest BCUT2D eigenvalue weighted by atomic mass is 16.5. The first-order valence-corrected chi connectivity index (χ1v) is 8.98. The van der Waals surface area contributed by atoms with Crippen molar-refractivity contribution in [3.05, 3.63) is 70.9 Å². The third-order valence-corrected chi connectivity index (χ3v) is 4.69. The van der Waals surface area contributed by atoms with Gasteiger partial charge in [0.15, 0.2) is 5.76 Å². The lowest BCUT2D eigenvalue weighted by Gasteiger charge is -2.19. The zero-order valence-electron chi connectivity index (χ0n) is 16.2. The summed E-state index contributed by atoms with van der Waals surface area (Å²) >= 11 is 0. The molecule has 2 aromatic carbocycles. The molecule has 0 unspecified atom stereocenters. The molecule has 3 aromatic rings. The Kier molecular flexibility index (Phi) is 5.60. The smallest absolute Gasteiger partial charge is 0.254 e. The first-order valence-electron chi connectivity index (χ1n) is 8.98. The fourth-order valence-corrected chi connectivity index (χ4v) is 2.88. The standard InChI is InChI=1S/C22H24N2O3/c1-5-24(22(25)18-7-6-8-20(12-18)26-4)14-19-13-21(27-23-19)17-10-9-15(2)16(3)11-17/h6-13H,5,14H2,1-4H3. The summed E-state index contributed by atoms with van der Waals surface area (Å²) in [4.78, 5) is 14.6. The van der Waals surface area contributed by atoms with Crippen molar-refractivity contribution in [2.45, 2.75) is 27.3 Å². The van der Waals surface area contributed by atoms with Crippen molar-refractivity contribution in [3.8, 4) is 17.1 Å². The Morgan fingerprint density at radius 3 is 2.63 bits per heavy atom. The SMILES string of the molecule is CCN(Cc1cc(-c2ccc(C)c(C)c2)on1)C(=O)c1cccc(OC)c1. The van der Waals surface area contributed by atoms with Crippen molar-refractivity contribution < 1.29 is 14.1 Å². The highest BCUT2D eigenvalue weighted by Crippen LogP contribution is 2.24. The molecule has 1 amide bonds. The van der Waals surface area contributed by atoms with Crippen LogP contribution in [0.2, 0.25) is 0 Å². The van der Waals surface area contributed by atoms with Gasteiger partial charge in [-0.3, -0.25) is 4.79 Å². The number of carbonyl (C=O) groups is 1. The number of hydrogen-bond donors (Lipinski definition) is 0. The summed E-state index contributed by atoms with van der Waals surface area (Å²) < 4.78 is 10.7. The van der Waals surface area contributed by atoms with Crippen LogP contribution in [0.4, 0.5) is 0 Å². The molecule has 0 N–H and O–H groups in total. The molecular formula is C22H24N2O3. The summed E-state index contributed by atoms with van der Waals surface area (Å²) in [5, 5.41) is 4.15. The number of aromatic nitrogens is 1. The molecule has 140 valence electrons. The Morgan fingerprint density at radius 1 is 1.11 bits per heavy atom. The van der Waals surface area contributed by atoms with Gasteiger partial charge < -0.3 is 14.2 Å². The molecule has 1 heterocycles. The number of benzene rings is 2. The van der Waals surface area contributed by atoms with Crippen LogP contribution < -0.4 is 4.74 Å². The molecular weight excluding hydrogens is 340 g/mol. The van der Waals surface area contributed by atoms with Crippen LogP contribution in [0.25, 0.3) is 11.3 Å². The van der Waals surface area contributed by atoms with Gasteiger partial charge in [0, 0.05) is 23.7 Å². The minimum atomic E-state index is -0.0628. The summed E-state index contributed by atoms with van der Waals surface area (Å²) in [6, 6.07) is 15.2. The first-order chi connectivity index (χ1) is 13.0. The second-order valence-electron chi connectivity index (χ2n) is 6.53. The van der Waals surface area contributed by atoms with E-state index in [4.69, 9.17) is 9.26 Å². The van der Waals surface area contributed by atoms with E-state index >= 15 is 0 Å². The average Bonchev–Trinajstić information content (AvgIpc) is 3.16. The molecule has 0 radical (unpaired) electrons. The van der Waals surface area contributed by atoms with Crippen LogP contribution in [-0.4, -0.2) is 29.6 Å². The molecule has 0 aliphatic carbocycles. The molecule has 0 saturated carbocycles. The van der Waals surface area contributed by atoms with E-state index in [-0.39, 0.29) is 5.91 Å². The Bertz CT molecular complexity index is 946. The van der Waals surface area contributed by atoms with Crippen LogP contribution in [-0.2, 0) is 6.54 Å². The molecule has 27 heavy (non-hydrogen) atoms. The van der Waals surface area contributed by atoms with E-state index < -0.39 is 0 Å². The molecule has 0 atom stereocenters. The van der Waals surface area contributed by atoms with Crippen molar-refractivity contribution >= 4 is 5.91 Å². The number of carbonyl (C=O) groups excluding carboxylic acids is 1. The number of rotatable bonds is 6. The molecule has 0 bridgehead atoms. The van der Waals surface area contributed by atoms with Crippen LogP contribution in [0.5, 0.6) is 5.75 Å². The van der Waals surface area contributed by atoms with Gasteiger partial charge in [-0.05, 0) is 56.2 Å². The normalized spacial score (nSPS) is 10.7. The van der Waals surface area contributed by atoms with Gasteiger partial charge in [-0.15, -0.1) is 0 Å². The van der Waals surface area contributed by atoms with Crippen molar-refractivity contribution in [3.63, 3.8) is 0 Å². The monoisotopic (exact) mass is 364 g/mol. The van der Waals surface area contributed by atoms with Gasteiger partial charge in [-0.1, -0.05) is 23.4 Å². The van der Waals surface area contributed by atoms with Gasteiger partial charge in [0.05, 0.1) is 13.7 Å². The Hall–Kier alpha value is -3.08. The molecule has 5 heteroatoms. The molecule has 0 spiro atoms. The molecule has 0 saturated heterocycles. The van der Waals surface area contributed by atoms with E-state index in [1.165, 1.54) is 11.1 Å². The number of aryl methyl sites for hydroxylation is 2. The summed E-state index contributed by atoms with van der Waals surface area (Å²) in [6.45, 7) is 7.06. The second kappa shape index (κ2) is 8.08. The fraction of sp³-hybridized carbons (Fsp3) is 0.273. The third kappa shape index (κ3) is 4.19. The molecule has 0 aliphatic rings. The molecule has 0 aliphatic heterocycles. The van der Waals surface area contributed by atoms with Crippen LogP contribution in [0.15, 0.2) is 53.1 Å². The maximum absolute atomic E-state index is 12.8. The fourth-order valence-electron chi connectivity index (χ4n) is 2.88. The maximum atomic E-state index is 12.8. The Morgan fingerprint density at radius 2 is 1.93 bits per heavy atom. The van der Waals surface area contributed by atoms with Gasteiger partial charge in [-0.2, -0.15) is 0 Å². The van der Waals surface area contributed by atoms with Gasteiger partial charge in [0.25, 0.3) is 5.91 Å². The third-order valence-electron chi connectivity index (χ3n) is 4.69. The van der Waals surface area contributed by atoms with Gasteiger partial charge in [-0.25, -0.2) is 0 Å². The van der Waals surface area contributed by atoms with E-state index in [0.717, 1.165) is 11.3 Å². The first kappa shape index (κ1) is 18.7. The van der Waals surface area contributed by atoms with Gasteiger partial charge in [0.1, 0.15) is 11.4 Å². The maximum Gasteiger partial charge on any atom is 0.254 e. The lowest BCUT2D eigenvalue weighted by atomic mass is 10.0. The molecule has 0 fully saturated rings. The zero-order valence-corrected chi connectivity index (χ0v) is 16.2. The van der Waals surface area contributed by atoms with Crippen LogP contribution >= 0.6 is 0 Å². The van der Waals surface area contributed by atoms with Crippen LogP contribution in [0.1, 0.15) is 34.1 Å². The largest absolute Gasteiger partial charge is 0.497 e. The zero-order chi connectivity index (χ0) is 19.4. The number of amides is 1.